The van der Waals surface area contributed by atoms with Gasteiger partial charge >= 0.3 is 0 Å². The highest BCUT2D eigenvalue weighted by Crippen LogP contribution is 2.25. The summed E-state index contributed by atoms with van der Waals surface area (Å²) in [6, 6.07) is 12.3. The molecule has 0 saturated heterocycles. The molecule has 0 bridgehead atoms. The lowest BCUT2D eigenvalue weighted by Gasteiger charge is -2.36. The van der Waals surface area contributed by atoms with Crippen molar-refractivity contribution in [3.8, 4) is 5.75 Å². The van der Waals surface area contributed by atoms with Gasteiger partial charge in [-0.05, 0) is 54.2 Å². The normalized spacial score (nSPS) is 14.2. The Labute approximate surface area is 182 Å². The topological polar surface area (TPSA) is 53.6 Å². The Bertz CT molecular complexity index is 772. The van der Waals surface area contributed by atoms with E-state index >= 15 is 0 Å². The predicted octanol–water partition coefficient (Wildman–Crippen LogP) is 4.08. The number of hydrogen-bond donors (Lipinski definition) is 2. The van der Waals surface area contributed by atoms with E-state index in [1.54, 1.807) is 18.4 Å². The Morgan fingerprint density at radius 1 is 1.17 bits per heavy atom. The molecule has 1 aromatic carbocycles. The van der Waals surface area contributed by atoms with E-state index in [4.69, 9.17) is 17.0 Å². The van der Waals surface area contributed by atoms with E-state index in [1.165, 1.54) is 24.1 Å². The van der Waals surface area contributed by atoms with E-state index in [1.807, 2.05) is 24.3 Å². The summed E-state index contributed by atoms with van der Waals surface area (Å²) in [7, 11) is 1.64. The van der Waals surface area contributed by atoms with E-state index < -0.39 is 0 Å². The summed E-state index contributed by atoms with van der Waals surface area (Å²) in [5, 5.41) is 8.88. The van der Waals surface area contributed by atoms with Gasteiger partial charge in [-0.25, -0.2) is 0 Å². The van der Waals surface area contributed by atoms with E-state index in [0.29, 0.717) is 17.7 Å². The number of benzene rings is 1. The Kier molecular flexibility index (Phi) is 8.31. The molecule has 1 fully saturated rings. The van der Waals surface area contributed by atoms with Crippen LogP contribution in [0, 0.1) is 0 Å². The second kappa shape index (κ2) is 11.2. The standard InChI is InChI=1S/C22H29N3O2S2/c1-27-19-11-9-17(10-12-19)14-23-21(26)15-24-22(28)25(16-20-8-5-13-29-20)18-6-3-2-4-7-18/h5,8-13,18H,2-4,6-7,14-16H2,1H3,(H,23,26)(H,24,28). The van der Waals surface area contributed by atoms with Crippen molar-refractivity contribution in [1.29, 1.82) is 0 Å². The smallest absolute Gasteiger partial charge is 0.239 e. The van der Waals surface area contributed by atoms with Crippen LogP contribution in [-0.4, -0.2) is 35.6 Å². The third-order valence-corrected chi connectivity index (χ3v) is 6.47. The summed E-state index contributed by atoms with van der Waals surface area (Å²) in [6.45, 7) is 1.48. The van der Waals surface area contributed by atoms with Crippen molar-refractivity contribution in [2.45, 2.75) is 51.2 Å². The molecule has 3 rings (SSSR count). The molecule has 29 heavy (non-hydrogen) atoms. The molecule has 0 radical (unpaired) electrons. The van der Waals surface area contributed by atoms with E-state index in [2.05, 4.69) is 33.0 Å². The van der Waals surface area contributed by atoms with Gasteiger partial charge in [0.1, 0.15) is 5.75 Å². The zero-order valence-electron chi connectivity index (χ0n) is 16.9. The molecule has 0 aliphatic heterocycles. The van der Waals surface area contributed by atoms with Crippen LogP contribution in [0.4, 0.5) is 0 Å². The lowest BCUT2D eigenvalue weighted by atomic mass is 9.94. The molecule has 156 valence electrons. The largest absolute Gasteiger partial charge is 0.497 e. The fraction of sp³-hybridized carbons (Fsp3) is 0.455. The van der Waals surface area contributed by atoms with Crippen LogP contribution < -0.4 is 15.4 Å². The van der Waals surface area contributed by atoms with Crippen LogP contribution >= 0.6 is 23.6 Å². The molecular formula is C22H29N3O2S2. The summed E-state index contributed by atoms with van der Waals surface area (Å²) in [6.07, 6.45) is 6.12. The van der Waals surface area contributed by atoms with Gasteiger partial charge in [-0.2, -0.15) is 0 Å². The fourth-order valence-corrected chi connectivity index (χ4v) is 4.58. The number of ether oxygens (including phenoxy) is 1. The molecule has 0 unspecified atom stereocenters. The van der Waals surface area contributed by atoms with Crippen molar-refractivity contribution >= 4 is 34.6 Å². The number of thiophene rings is 1. The number of rotatable bonds is 8. The SMILES string of the molecule is COc1ccc(CNC(=O)CNC(=S)N(Cc2cccs2)C2CCCCC2)cc1. The average Bonchev–Trinajstić information content (AvgIpc) is 3.28. The first-order valence-electron chi connectivity index (χ1n) is 10.1. The van der Waals surface area contributed by atoms with Crippen molar-refractivity contribution in [2.75, 3.05) is 13.7 Å². The molecule has 1 heterocycles. The number of nitrogens with zero attached hydrogens (tertiary/aromatic N) is 1. The van der Waals surface area contributed by atoms with Crippen LogP contribution in [0.1, 0.15) is 42.5 Å². The van der Waals surface area contributed by atoms with Gasteiger partial charge in [0, 0.05) is 17.5 Å². The van der Waals surface area contributed by atoms with Gasteiger partial charge in [-0.3, -0.25) is 4.79 Å². The number of nitrogens with one attached hydrogen (secondary N) is 2. The third-order valence-electron chi connectivity index (χ3n) is 5.23. The predicted molar refractivity (Wildman–Crippen MR) is 122 cm³/mol. The molecular weight excluding hydrogens is 402 g/mol. The monoisotopic (exact) mass is 431 g/mol. The van der Waals surface area contributed by atoms with Crippen molar-refractivity contribution < 1.29 is 9.53 Å². The minimum absolute atomic E-state index is 0.0668. The lowest BCUT2D eigenvalue weighted by molar-refractivity contribution is -0.120. The summed E-state index contributed by atoms with van der Waals surface area (Å²) >= 11 is 7.43. The first kappa shape index (κ1) is 21.6. The Morgan fingerprint density at radius 3 is 2.59 bits per heavy atom. The molecule has 0 atom stereocenters. The van der Waals surface area contributed by atoms with Gasteiger partial charge in [-0.15, -0.1) is 11.3 Å². The van der Waals surface area contributed by atoms with Crippen molar-refractivity contribution in [3.63, 3.8) is 0 Å². The maximum atomic E-state index is 12.3. The second-order valence-corrected chi connectivity index (χ2v) is 8.70. The molecule has 7 heteroatoms. The Hall–Kier alpha value is -2.12. The molecule has 2 aromatic rings. The number of carbonyl (C=O) groups excluding carboxylic acids is 1. The molecule has 0 spiro atoms. The molecule has 2 N–H and O–H groups in total. The maximum absolute atomic E-state index is 12.3. The molecule has 1 aromatic heterocycles. The number of thiocarbonyl (C=S) groups is 1. The quantitative estimate of drug-likeness (QED) is 0.617. The fourth-order valence-electron chi connectivity index (χ4n) is 3.59. The third kappa shape index (κ3) is 6.72. The lowest BCUT2D eigenvalue weighted by Crippen LogP contribution is -2.48. The molecule has 1 aliphatic rings. The van der Waals surface area contributed by atoms with Gasteiger partial charge in [0.15, 0.2) is 5.11 Å². The Balaban J connectivity index is 1.49. The molecule has 1 saturated carbocycles. The first-order valence-corrected chi connectivity index (χ1v) is 11.4. The molecule has 5 nitrogen and oxygen atoms in total. The van der Waals surface area contributed by atoms with Crippen molar-refractivity contribution in [2.24, 2.45) is 0 Å². The second-order valence-electron chi connectivity index (χ2n) is 7.28. The zero-order valence-corrected chi connectivity index (χ0v) is 18.5. The highest BCUT2D eigenvalue weighted by atomic mass is 32.1. The van der Waals surface area contributed by atoms with E-state index in [-0.39, 0.29) is 12.5 Å². The zero-order chi connectivity index (χ0) is 20.5. The van der Waals surface area contributed by atoms with Crippen LogP contribution in [0.15, 0.2) is 41.8 Å². The number of amides is 1. The molecule has 1 aliphatic carbocycles. The summed E-state index contributed by atoms with van der Waals surface area (Å²) in [5.41, 5.74) is 1.03. The van der Waals surface area contributed by atoms with Crippen LogP contribution in [0.5, 0.6) is 5.75 Å². The minimum atomic E-state index is -0.0668. The first-order chi connectivity index (χ1) is 14.2. The highest BCUT2D eigenvalue weighted by molar-refractivity contribution is 7.80. The highest BCUT2D eigenvalue weighted by Gasteiger charge is 2.24. The Morgan fingerprint density at radius 2 is 1.93 bits per heavy atom. The number of carbonyl (C=O) groups is 1. The van der Waals surface area contributed by atoms with E-state index in [9.17, 15) is 4.79 Å². The summed E-state index contributed by atoms with van der Waals surface area (Å²) < 4.78 is 5.15. The van der Waals surface area contributed by atoms with Gasteiger partial charge in [0.25, 0.3) is 0 Å². The van der Waals surface area contributed by atoms with Crippen LogP contribution in [0.3, 0.4) is 0 Å². The maximum Gasteiger partial charge on any atom is 0.239 e. The van der Waals surface area contributed by atoms with Crippen molar-refractivity contribution in [3.05, 3.63) is 52.2 Å². The van der Waals surface area contributed by atoms with Gasteiger partial charge in [0.05, 0.1) is 20.2 Å². The van der Waals surface area contributed by atoms with Crippen LogP contribution in [0.2, 0.25) is 0 Å². The molecule has 1 amide bonds. The minimum Gasteiger partial charge on any atom is -0.497 e. The number of hydrogen-bond acceptors (Lipinski definition) is 4. The van der Waals surface area contributed by atoms with Crippen LogP contribution in [0.25, 0.3) is 0 Å². The van der Waals surface area contributed by atoms with Gasteiger partial charge < -0.3 is 20.3 Å². The summed E-state index contributed by atoms with van der Waals surface area (Å²) in [4.78, 5) is 15.9. The van der Waals surface area contributed by atoms with Gasteiger partial charge in [0.2, 0.25) is 5.91 Å². The summed E-state index contributed by atoms with van der Waals surface area (Å²) in [5.74, 6) is 0.739. The van der Waals surface area contributed by atoms with Gasteiger partial charge in [-0.1, -0.05) is 37.5 Å². The van der Waals surface area contributed by atoms with E-state index in [0.717, 1.165) is 30.7 Å². The number of methoxy groups -OCH3 is 1. The van der Waals surface area contributed by atoms with Crippen molar-refractivity contribution in [1.82, 2.24) is 15.5 Å². The average molecular weight is 432 g/mol. The van der Waals surface area contributed by atoms with Crippen LogP contribution in [-0.2, 0) is 17.9 Å².